The van der Waals surface area contributed by atoms with Gasteiger partial charge in [-0.2, -0.15) is 0 Å². The number of carbonyl (C=O) groups is 1. The van der Waals surface area contributed by atoms with Gasteiger partial charge in [-0.15, -0.1) is 0 Å². The second-order valence-corrected chi connectivity index (χ2v) is 8.54. The molecule has 2 heterocycles. The average Bonchev–Trinajstić information content (AvgIpc) is 3.15. The first-order chi connectivity index (χ1) is 14.7. The Morgan fingerprint density at radius 3 is 2.58 bits per heavy atom. The Labute approximate surface area is 184 Å². The molecule has 178 valence electrons. The number of aliphatic hydroxyl groups excluding tert-OH is 3. The number of rotatable bonds is 13. The fraction of sp³-hybridized carbons (Fsp3) is 0.810. The maximum Gasteiger partial charge on any atom is 0.327 e. The van der Waals surface area contributed by atoms with Crippen LogP contribution in [0.4, 0.5) is 10.6 Å². The summed E-state index contributed by atoms with van der Waals surface area (Å²) in [5, 5.41) is 40.8. The van der Waals surface area contributed by atoms with Crippen molar-refractivity contribution < 1.29 is 25.2 Å². The number of urea groups is 1. The lowest BCUT2D eigenvalue weighted by Crippen LogP contribution is -2.49. The van der Waals surface area contributed by atoms with Crippen molar-refractivity contribution in [1.82, 2.24) is 19.4 Å². The molecule has 0 aliphatic carbocycles. The molecule has 2 atom stereocenters. The molecule has 2 amide bonds. The van der Waals surface area contributed by atoms with Crippen molar-refractivity contribution in [2.45, 2.75) is 70.4 Å². The van der Waals surface area contributed by atoms with Crippen LogP contribution in [0.25, 0.3) is 0 Å². The number of amides is 2. The molecule has 0 bridgehead atoms. The van der Waals surface area contributed by atoms with Gasteiger partial charge < -0.3 is 29.9 Å². The number of imidazole rings is 1. The van der Waals surface area contributed by atoms with E-state index in [0.717, 1.165) is 6.42 Å². The van der Waals surface area contributed by atoms with Crippen molar-refractivity contribution >= 4 is 11.8 Å². The molecule has 0 aromatic carbocycles. The Hall–Kier alpha value is -1.72. The zero-order chi connectivity index (χ0) is 23.2. The number of unbranched alkanes of at least 4 members (excludes halogenated alkanes) is 1. The standard InChI is InChI=1S/C21H39N5O5/c1-5-21(31,6-2)9-7-8-10-26-19(29)17-18(24(4)20(26)30)22-15-25(17)14-16(28)13-23(3)11-12-27/h15-16,19,27-29,31H,5-14H2,1-4H3. The fourth-order valence-electron chi connectivity index (χ4n) is 4.05. The number of likely N-dealkylation sites (N-methyl/N-ethyl adjacent to an activating group) is 1. The van der Waals surface area contributed by atoms with E-state index >= 15 is 0 Å². The van der Waals surface area contributed by atoms with Gasteiger partial charge in [-0.3, -0.25) is 9.80 Å². The second kappa shape index (κ2) is 11.2. The molecule has 0 saturated carbocycles. The third kappa shape index (κ3) is 6.17. The molecule has 31 heavy (non-hydrogen) atoms. The number of aromatic nitrogens is 2. The van der Waals surface area contributed by atoms with E-state index in [-0.39, 0.29) is 19.2 Å². The normalized spacial score (nSPS) is 18.1. The number of fused-ring (bicyclic) bond motifs is 1. The molecule has 1 aromatic rings. The zero-order valence-electron chi connectivity index (χ0n) is 19.2. The molecule has 2 rings (SSSR count). The van der Waals surface area contributed by atoms with Crippen molar-refractivity contribution in [3.63, 3.8) is 0 Å². The second-order valence-electron chi connectivity index (χ2n) is 8.54. The lowest BCUT2D eigenvalue weighted by atomic mass is 9.91. The molecule has 0 saturated heterocycles. The maximum absolute atomic E-state index is 12.8. The van der Waals surface area contributed by atoms with E-state index in [1.54, 1.807) is 11.6 Å². The van der Waals surface area contributed by atoms with Crippen LogP contribution in [0.3, 0.4) is 0 Å². The van der Waals surface area contributed by atoms with Gasteiger partial charge in [0, 0.05) is 26.7 Å². The van der Waals surface area contributed by atoms with Gasteiger partial charge in [-0.1, -0.05) is 13.8 Å². The van der Waals surface area contributed by atoms with Crippen LogP contribution < -0.4 is 4.90 Å². The van der Waals surface area contributed by atoms with E-state index in [2.05, 4.69) is 4.98 Å². The minimum absolute atomic E-state index is 0.0121. The molecular weight excluding hydrogens is 402 g/mol. The Balaban J connectivity index is 2.05. The van der Waals surface area contributed by atoms with Gasteiger partial charge in [-0.05, 0) is 39.2 Å². The molecule has 1 aliphatic rings. The maximum atomic E-state index is 12.8. The lowest BCUT2D eigenvalue weighted by Gasteiger charge is -2.37. The monoisotopic (exact) mass is 441 g/mol. The van der Waals surface area contributed by atoms with Crippen molar-refractivity contribution in [1.29, 1.82) is 0 Å². The number of nitrogens with zero attached hydrogens (tertiary/aromatic N) is 5. The highest BCUT2D eigenvalue weighted by molar-refractivity contribution is 5.93. The van der Waals surface area contributed by atoms with Crippen molar-refractivity contribution in [3.8, 4) is 0 Å². The number of hydrogen-bond acceptors (Lipinski definition) is 7. The molecule has 1 aromatic heterocycles. The molecular formula is C21H39N5O5. The van der Waals surface area contributed by atoms with E-state index in [1.807, 2.05) is 25.8 Å². The van der Waals surface area contributed by atoms with E-state index in [1.165, 1.54) is 16.1 Å². The van der Waals surface area contributed by atoms with Crippen LogP contribution in [-0.4, -0.2) is 97.8 Å². The highest BCUT2D eigenvalue weighted by Gasteiger charge is 2.38. The molecule has 10 nitrogen and oxygen atoms in total. The van der Waals surface area contributed by atoms with Gasteiger partial charge in [0.15, 0.2) is 12.0 Å². The minimum Gasteiger partial charge on any atom is -0.395 e. The Kier molecular flexibility index (Phi) is 9.26. The first kappa shape index (κ1) is 25.5. The third-order valence-corrected chi connectivity index (χ3v) is 6.27. The fourth-order valence-corrected chi connectivity index (χ4v) is 4.05. The van der Waals surface area contributed by atoms with Crippen LogP contribution in [0.5, 0.6) is 0 Å². The van der Waals surface area contributed by atoms with Crippen LogP contribution in [0.2, 0.25) is 0 Å². The van der Waals surface area contributed by atoms with Gasteiger partial charge in [0.25, 0.3) is 0 Å². The number of aliphatic hydroxyl groups is 4. The van der Waals surface area contributed by atoms with Gasteiger partial charge in [0.2, 0.25) is 0 Å². The summed E-state index contributed by atoms with van der Waals surface area (Å²) < 4.78 is 1.68. The summed E-state index contributed by atoms with van der Waals surface area (Å²) in [6.45, 7) is 5.34. The molecule has 0 radical (unpaired) electrons. The van der Waals surface area contributed by atoms with E-state index in [4.69, 9.17) is 5.11 Å². The third-order valence-electron chi connectivity index (χ3n) is 6.27. The van der Waals surface area contributed by atoms with Crippen molar-refractivity contribution in [3.05, 3.63) is 12.0 Å². The Morgan fingerprint density at radius 1 is 1.29 bits per heavy atom. The van der Waals surface area contributed by atoms with Crippen LogP contribution >= 0.6 is 0 Å². The molecule has 2 unspecified atom stereocenters. The van der Waals surface area contributed by atoms with Crippen LogP contribution in [0, 0.1) is 0 Å². The SMILES string of the molecule is CCC(O)(CC)CCCCN1C(=O)N(C)c2ncn(CC(O)CN(C)CCO)c2C1O. The van der Waals surface area contributed by atoms with Crippen molar-refractivity contribution in [2.75, 3.05) is 45.2 Å². The summed E-state index contributed by atoms with van der Waals surface area (Å²) in [6, 6.07) is -0.324. The van der Waals surface area contributed by atoms with Gasteiger partial charge in [0.05, 0.1) is 31.2 Å². The topological polar surface area (TPSA) is 126 Å². The minimum atomic E-state index is -1.15. The first-order valence-corrected chi connectivity index (χ1v) is 11.1. The summed E-state index contributed by atoms with van der Waals surface area (Å²) in [4.78, 5) is 21.7. The predicted molar refractivity (Wildman–Crippen MR) is 118 cm³/mol. The largest absolute Gasteiger partial charge is 0.395 e. The predicted octanol–water partition coefficient (Wildman–Crippen LogP) is 0.752. The Morgan fingerprint density at radius 2 is 1.97 bits per heavy atom. The molecule has 10 heteroatoms. The highest BCUT2D eigenvalue weighted by atomic mass is 16.3. The summed E-state index contributed by atoms with van der Waals surface area (Å²) in [6.07, 6.45) is 3.10. The number of anilines is 1. The lowest BCUT2D eigenvalue weighted by molar-refractivity contribution is 0.0102. The zero-order valence-corrected chi connectivity index (χ0v) is 19.2. The summed E-state index contributed by atoms with van der Waals surface area (Å²) in [5.41, 5.74) is -0.198. The number of carbonyl (C=O) groups excluding carboxylic acids is 1. The van der Waals surface area contributed by atoms with E-state index < -0.39 is 17.9 Å². The van der Waals surface area contributed by atoms with Crippen LogP contribution in [0.1, 0.15) is 57.9 Å². The van der Waals surface area contributed by atoms with E-state index in [0.29, 0.717) is 56.8 Å². The summed E-state index contributed by atoms with van der Waals surface area (Å²) >= 11 is 0. The van der Waals surface area contributed by atoms with E-state index in [9.17, 15) is 20.1 Å². The van der Waals surface area contributed by atoms with Crippen molar-refractivity contribution in [2.24, 2.45) is 0 Å². The average molecular weight is 442 g/mol. The van der Waals surface area contributed by atoms with Gasteiger partial charge in [-0.25, -0.2) is 9.78 Å². The molecule has 0 spiro atoms. The van der Waals surface area contributed by atoms with Gasteiger partial charge >= 0.3 is 6.03 Å². The number of hydrogen-bond donors (Lipinski definition) is 4. The molecule has 0 fully saturated rings. The molecule has 4 N–H and O–H groups in total. The first-order valence-electron chi connectivity index (χ1n) is 11.1. The van der Waals surface area contributed by atoms with Crippen LogP contribution in [-0.2, 0) is 6.54 Å². The quantitative estimate of drug-likeness (QED) is 0.333. The summed E-state index contributed by atoms with van der Waals surface area (Å²) in [5.74, 6) is 0.385. The van der Waals surface area contributed by atoms with Crippen LogP contribution in [0.15, 0.2) is 6.33 Å². The summed E-state index contributed by atoms with van der Waals surface area (Å²) in [7, 11) is 3.43. The molecule has 1 aliphatic heterocycles. The highest BCUT2D eigenvalue weighted by Crippen LogP contribution is 2.34. The smallest absolute Gasteiger partial charge is 0.327 e. The van der Waals surface area contributed by atoms with Gasteiger partial charge in [0.1, 0.15) is 5.69 Å². The Bertz CT molecular complexity index is 708.